The highest BCUT2D eigenvalue weighted by atomic mass is 127. The first-order chi connectivity index (χ1) is 11.8. The van der Waals surface area contributed by atoms with Gasteiger partial charge < -0.3 is 15.4 Å². The Hall–Kier alpha value is -1.12. The molecule has 25 heavy (non-hydrogen) atoms. The molecule has 2 aromatic rings. The van der Waals surface area contributed by atoms with E-state index in [0.29, 0.717) is 6.61 Å². The van der Waals surface area contributed by atoms with Crippen LogP contribution in [0.3, 0.4) is 0 Å². The number of aliphatic imine (C=N–C) groups is 1. The van der Waals surface area contributed by atoms with Gasteiger partial charge >= 0.3 is 0 Å². The third kappa shape index (κ3) is 8.69. The second kappa shape index (κ2) is 13.1. The van der Waals surface area contributed by atoms with Crippen LogP contribution >= 0.6 is 35.3 Å². The van der Waals surface area contributed by atoms with Crippen LogP contribution in [0.5, 0.6) is 0 Å². The first-order valence-electron chi connectivity index (χ1n) is 8.38. The predicted octanol–water partition coefficient (Wildman–Crippen LogP) is 4.34. The smallest absolute Gasteiger partial charge is 0.191 e. The van der Waals surface area contributed by atoms with E-state index in [1.165, 1.54) is 16.0 Å². The van der Waals surface area contributed by atoms with Gasteiger partial charge in [-0.25, -0.2) is 0 Å². The molecule has 0 amide bonds. The minimum absolute atomic E-state index is 0. The fraction of sp³-hybridized carbons (Fsp3) is 0.421. The van der Waals surface area contributed by atoms with Crippen molar-refractivity contribution in [3.05, 3.63) is 57.8 Å². The maximum atomic E-state index is 5.69. The summed E-state index contributed by atoms with van der Waals surface area (Å²) in [6.07, 6.45) is 2.11. The molecule has 0 saturated carbocycles. The van der Waals surface area contributed by atoms with E-state index in [1.54, 1.807) is 18.4 Å². The van der Waals surface area contributed by atoms with Crippen molar-refractivity contribution in [1.82, 2.24) is 10.6 Å². The van der Waals surface area contributed by atoms with Crippen molar-refractivity contribution in [2.75, 3.05) is 20.2 Å². The maximum absolute atomic E-state index is 5.69. The van der Waals surface area contributed by atoms with Crippen LogP contribution in [-0.4, -0.2) is 26.2 Å². The fourth-order valence-electron chi connectivity index (χ4n) is 2.27. The van der Waals surface area contributed by atoms with Crippen LogP contribution in [0.25, 0.3) is 0 Å². The van der Waals surface area contributed by atoms with E-state index in [9.17, 15) is 0 Å². The zero-order valence-electron chi connectivity index (χ0n) is 15.0. The Labute approximate surface area is 172 Å². The van der Waals surface area contributed by atoms with E-state index in [4.69, 9.17) is 4.74 Å². The van der Waals surface area contributed by atoms with Gasteiger partial charge in [0.05, 0.1) is 13.2 Å². The quantitative estimate of drug-likeness (QED) is 0.247. The van der Waals surface area contributed by atoms with E-state index < -0.39 is 0 Å². The maximum Gasteiger partial charge on any atom is 0.191 e. The molecule has 138 valence electrons. The molecule has 0 radical (unpaired) electrons. The number of aryl methyl sites for hydroxylation is 1. The molecule has 2 rings (SSSR count). The molecule has 1 aromatic carbocycles. The van der Waals surface area contributed by atoms with Gasteiger partial charge in [-0.3, -0.25) is 4.99 Å². The van der Waals surface area contributed by atoms with Gasteiger partial charge in [-0.1, -0.05) is 30.3 Å². The Kier molecular flexibility index (Phi) is 11.5. The van der Waals surface area contributed by atoms with Gasteiger partial charge in [0, 0.05) is 25.1 Å². The largest absolute Gasteiger partial charge is 0.377 e. The number of ether oxygens (including phenoxy) is 1. The zero-order valence-corrected chi connectivity index (χ0v) is 18.1. The van der Waals surface area contributed by atoms with Crippen LogP contribution in [0.15, 0.2) is 46.8 Å². The van der Waals surface area contributed by atoms with E-state index in [2.05, 4.69) is 46.1 Å². The molecule has 0 aliphatic rings. The monoisotopic (exact) mass is 473 g/mol. The summed E-state index contributed by atoms with van der Waals surface area (Å²) in [5.74, 6) is 0.855. The van der Waals surface area contributed by atoms with Crippen molar-refractivity contribution >= 4 is 41.3 Å². The van der Waals surface area contributed by atoms with Crippen molar-refractivity contribution in [3.8, 4) is 0 Å². The van der Waals surface area contributed by atoms with Gasteiger partial charge in [0.25, 0.3) is 0 Å². The first-order valence-corrected chi connectivity index (χ1v) is 9.26. The summed E-state index contributed by atoms with van der Waals surface area (Å²) in [6.45, 7) is 5.34. The standard InChI is InChI=1S/C19H27N3OS.HI/c1-16-10-13-24-18(16)14-22-19(20-2)21-11-6-7-12-23-15-17-8-4-3-5-9-17;/h3-5,8-10,13H,6-7,11-12,14-15H2,1-2H3,(H2,20,21,22);1H. The third-order valence-corrected chi connectivity index (χ3v) is 4.75. The number of hydrogen-bond donors (Lipinski definition) is 2. The highest BCUT2D eigenvalue weighted by Crippen LogP contribution is 2.14. The van der Waals surface area contributed by atoms with Gasteiger partial charge in [0.15, 0.2) is 5.96 Å². The molecule has 0 unspecified atom stereocenters. The number of nitrogens with one attached hydrogen (secondary N) is 2. The summed E-state index contributed by atoms with van der Waals surface area (Å²) in [5, 5.41) is 8.83. The van der Waals surface area contributed by atoms with Crippen molar-refractivity contribution in [1.29, 1.82) is 0 Å². The van der Waals surface area contributed by atoms with Crippen LogP contribution in [0, 0.1) is 6.92 Å². The fourth-order valence-corrected chi connectivity index (χ4v) is 3.12. The van der Waals surface area contributed by atoms with Crippen LogP contribution in [0.1, 0.15) is 28.8 Å². The molecule has 0 aliphatic carbocycles. The summed E-state index contributed by atoms with van der Waals surface area (Å²) in [6, 6.07) is 12.4. The van der Waals surface area contributed by atoms with E-state index >= 15 is 0 Å². The van der Waals surface area contributed by atoms with Gasteiger partial charge in [-0.15, -0.1) is 35.3 Å². The number of nitrogens with zero attached hydrogens (tertiary/aromatic N) is 1. The molecule has 1 aromatic heterocycles. The van der Waals surface area contributed by atoms with Crippen LogP contribution in [0.4, 0.5) is 0 Å². The number of halogens is 1. The summed E-state index contributed by atoms with van der Waals surface area (Å²) in [5.41, 5.74) is 2.56. The zero-order chi connectivity index (χ0) is 17.0. The summed E-state index contributed by atoms with van der Waals surface area (Å²) in [7, 11) is 1.81. The van der Waals surface area contributed by atoms with Gasteiger partial charge in [-0.05, 0) is 42.3 Å². The van der Waals surface area contributed by atoms with Crippen LogP contribution in [0.2, 0.25) is 0 Å². The minimum atomic E-state index is 0. The summed E-state index contributed by atoms with van der Waals surface area (Å²) in [4.78, 5) is 5.61. The molecule has 0 atom stereocenters. The molecule has 2 N–H and O–H groups in total. The lowest BCUT2D eigenvalue weighted by Crippen LogP contribution is -2.37. The van der Waals surface area contributed by atoms with Crippen molar-refractivity contribution in [2.24, 2.45) is 4.99 Å². The number of rotatable bonds is 9. The second-order valence-electron chi connectivity index (χ2n) is 5.62. The SMILES string of the molecule is CN=C(NCCCCOCc1ccccc1)NCc1sccc1C.I. The average Bonchev–Trinajstić information content (AvgIpc) is 3.02. The molecule has 0 saturated heterocycles. The van der Waals surface area contributed by atoms with Crippen molar-refractivity contribution in [2.45, 2.75) is 32.9 Å². The number of hydrogen-bond acceptors (Lipinski definition) is 3. The van der Waals surface area contributed by atoms with E-state index in [1.807, 2.05) is 18.2 Å². The second-order valence-corrected chi connectivity index (χ2v) is 6.63. The molecule has 0 bridgehead atoms. The topological polar surface area (TPSA) is 45.7 Å². The van der Waals surface area contributed by atoms with Gasteiger partial charge in [0.1, 0.15) is 0 Å². The predicted molar refractivity (Wildman–Crippen MR) is 118 cm³/mol. The summed E-state index contributed by atoms with van der Waals surface area (Å²) >= 11 is 1.78. The molecule has 6 heteroatoms. The molecular formula is C19H28IN3OS. The average molecular weight is 473 g/mol. The number of benzene rings is 1. The first kappa shape index (κ1) is 21.9. The molecule has 0 fully saturated rings. The third-order valence-electron chi connectivity index (χ3n) is 3.73. The minimum Gasteiger partial charge on any atom is -0.377 e. The van der Waals surface area contributed by atoms with E-state index in [-0.39, 0.29) is 24.0 Å². The lowest BCUT2D eigenvalue weighted by atomic mass is 10.2. The normalized spacial score (nSPS) is 11.0. The Balaban J connectivity index is 0.00000312. The highest BCUT2D eigenvalue weighted by molar-refractivity contribution is 14.0. The molecule has 0 spiro atoms. The Bertz CT molecular complexity index is 616. The Morgan fingerprint density at radius 2 is 1.92 bits per heavy atom. The van der Waals surface area contributed by atoms with Crippen LogP contribution < -0.4 is 10.6 Å². The molecule has 0 aliphatic heterocycles. The lowest BCUT2D eigenvalue weighted by Gasteiger charge is -2.11. The van der Waals surface area contributed by atoms with Gasteiger partial charge in [0.2, 0.25) is 0 Å². The molecular weight excluding hydrogens is 445 g/mol. The van der Waals surface area contributed by atoms with Crippen LogP contribution in [-0.2, 0) is 17.9 Å². The Morgan fingerprint density at radius 3 is 2.60 bits per heavy atom. The van der Waals surface area contributed by atoms with Gasteiger partial charge in [-0.2, -0.15) is 0 Å². The molecule has 1 heterocycles. The van der Waals surface area contributed by atoms with Crippen molar-refractivity contribution in [3.63, 3.8) is 0 Å². The number of thiophene rings is 1. The van der Waals surface area contributed by atoms with E-state index in [0.717, 1.165) is 38.5 Å². The van der Waals surface area contributed by atoms with Crippen molar-refractivity contribution < 1.29 is 4.74 Å². The highest BCUT2D eigenvalue weighted by Gasteiger charge is 2.01. The number of guanidine groups is 1. The Morgan fingerprint density at radius 1 is 1.12 bits per heavy atom. The number of unbranched alkanes of at least 4 members (excludes halogenated alkanes) is 1. The lowest BCUT2D eigenvalue weighted by molar-refractivity contribution is 0.117. The molecule has 4 nitrogen and oxygen atoms in total. The summed E-state index contributed by atoms with van der Waals surface area (Å²) < 4.78 is 5.69.